The van der Waals surface area contributed by atoms with Gasteiger partial charge in [-0.3, -0.25) is 9.59 Å². The van der Waals surface area contributed by atoms with Gasteiger partial charge in [0.05, 0.1) is 18.5 Å². The highest BCUT2D eigenvalue weighted by molar-refractivity contribution is 9.09. The van der Waals surface area contributed by atoms with Gasteiger partial charge < -0.3 is 20.1 Å². The van der Waals surface area contributed by atoms with Crippen LogP contribution in [0, 0.1) is 0 Å². The number of hydrogen-bond acceptors (Lipinski definition) is 4. The first kappa shape index (κ1) is 17.3. The Morgan fingerprint density at radius 3 is 2.22 bits per heavy atom. The van der Waals surface area contributed by atoms with E-state index in [9.17, 15) is 9.59 Å². The molecule has 0 aliphatic rings. The van der Waals surface area contributed by atoms with Gasteiger partial charge in [-0.1, -0.05) is 22.9 Å². The van der Waals surface area contributed by atoms with E-state index in [1.54, 1.807) is 0 Å². The van der Waals surface area contributed by atoms with Crippen LogP contribution in [0.25, 0.3) is 0 Å². The van der Waals surface area contributed by atoms with Crippen LogP contribution < -0.4 is 10.6 Å². The summed E-state index contributed by atoms with van der Waals surface area (Å²) in [7, 11) is 0. The second-order valence-electron chi connectivity index (χ2n) is 3.50. The SMILES string of the molecule is CCCOCCOCC(=O)NCCNC(=O)CBr. The number of halogens is 1. The van der Waals surface area contributed by atoms with E-state index in [2.05, 4.69) is 26.6 Å². The number of amides is 2. The first-order chi connectivity index (χ1) is 8.70. The second kappa shape index (κ2) is 12.8. The summed E-state index contributed by atoms with van der Waals surface area (Å²) < 4.78 is 10.3. The van der Waals surface area contributed by atoms with Gasteiger partial charge in [0.1, 0.15) is 6.61 Å². The predicted octanol–water partition coefficient (Wildman–Crippen LogP) is 0.0569. The second-order valence-corrected chi connectivity index (χ2v) is 4.06. The molecule has 0 aromatic heterocycles. The van der Waals surface area contributed by atoms with Gasteiger partial charge in [0, 0.05) is 19.7 Å². The zero-order valence-corrected chi connectivity index (χ0v) is 12.3. The summed E-state index contributed by atoms with van der Waals surface area (Å²) in [6.07, 6.45) is 0.973. The molecule has 0 aromatic carbocycles. The number of carbonyl (C=O) groups excluding carboxylic acids is 2. The molecular weight excluding hydrogens is 304 g/mol. The Morgan fingerprint density at radius 2 is 1.61 bits per heavy atom. The van der Waals surface area contributed by atoms with Gasteiger partial charge in [-0.05, 0) is 6.42 Å². The number of nitrogens with one attached hydrogen (secondary N) is 2. The lowest BCUT2D eigenvalue weighted by atomic mass is 10.5. The zero-order chi connectivity index (χ0) is 13.6. The Morgan fingerprint density at radius 1 is 1.00 bits per heavy atom. The van der Waals surface area contributed by atoms with E-state index in [-0.39, 0.29) is 23.8 Å². The van der Waals surface area contributed by atoms with Gasteiger partial charge in [0.15, 0.2) is 0 Å². The van der Waals surface area contributed by atoms with Crippen LogP contribution in [0.2, 0.25) is 0 Å². The van der Waals surface area contributed by atoms with E-state index in [0.717, 1.165) is 6.42 Å². The van der Waals surface area contributed by atoms with Gasteiger partial charge in [0.25, 0.3) is 0 Å². The topological polar surface area (TPSA) is 76.7 Å². The van der Waals surface area contributed by atoms with Gasteiger partial charge in [0.2, 0.25) is 11.8 Å². The van der Waals surface area contributed by atoms with E-state index in [0.29, 0.717) is 32.9 Å². The molecule has 2 amide bonds. The molecule has 0 aliphatic carbocycles. The molecule has 0 bridgehead atoms. The zero-order valence-electron chi connectivity index (χ0n) is 10.7. The fraction of sp³-hybridized carbons (Fsp3) is 0.818. The molecule has 0 aromatic rings. The minimum atomic E-state index is -0.196. The van der Waals surface area contributed by atoms with E-state index in [1.165, 1.54) is 0 Å². The third kappa shape index (κ3) is 11.8. The standard InChI is InChI=1S/C11H21BrN2O4/c1-2-5-17-6-7-18-9-11(16)14-4-3-13-10(15)8-12/h2-9H2,1H3,(H,13,15)(H,14,16). The molecule has 0 rings (SSSR count). The summed E-state index contributed by atoms with van der Waals surface area (Å²) in [6.45, 7) is 4.48. The normalized spacial score (nSPS) is 10.1. The average molecular weight is 325 g/mol. The van der Waals surface area contributed by atoms with E-state index in [1.807, 2.05) is 6.92 Å². The number of carbonyl (C=O) groups is 2. The molecule has 0 atom stereocenters. The van der Waals surface area contributed by atoms with E-state index < -0.39 is 0 Å². The molecule has 0 saturated carbocycles. The number of ether oxygens (including phenoxy) is 2. The number of alkyl halides is 1. The highest BCUT2D eigenvalue weighted by atomic mass is 79.9. The summed E-state index contributed by atoms with van der Waals surface area (Å²) in [6, 6.07) is 0. The minimum Gasteiger partial charge on any atom is -0.379 e. The Labute approximate surface area is 116 Å². The largest absolute Gasteiger partial charge is 0.379 e. The molecule has 7 heteroatoms. The first-order valence-corrected chi connectivity index (χ1v) is 7.07. The predicted molar refractivity (Wildman–Crippen MR) is 71.7 cm³/mol. The molecule has 18 heavy (non-hydrogen) atoms. The maximum absolute atomic E-state index is 11.2. The van der Waals surface area contributed by atoms with Crippen molar-refractivity contribution >= 4 is 27.7 Å². The van der Waals surface area contributed by atoms with Crippen molar-refractivity contribution in [3.05, 3.63) is 0 Å². The average Bonchev–Trinajstić information content (AvgIpc) is 2.38. The maximum Gasteiger partial charge on any atom is 0.246 e. The summed E-state index contributed by atoms with van der Waals surface area (Å²) in [5, 5.41) is 5.51. The minimum absolute atomic E-state index is 0.0157. The summed E-state index contributed by atoms with van der Waals surface area (Å²) in [5.74, 6) is -0.299. The quantitative estimate of drug-likeness (QED) is 0.416. The van der Waals surface area contributed by atoms with Crippen LogP contribution in [0.1, 0.15) is 13.3 Å². The van der Waals surface area contributed by atoms with Crippen molar-refractivity contribution in [3.63, 3.8) is 0 Å². The van der Waals surface area contributed by atoms with E-state index >= 15 is 0 Å². The van der Waals surface area contributed by atoms with Crippen molar-refractivity contribution in [3.8, 4) is 0 Å². The van der Waals surface area contributed by atoms with Crippen LogP contribution in [-0.2, 0) is 19.1 Å². The fourth-order valence-corrected chi connectivity index (χ4v) is 1.23. The number of hydrogen-bond donors (Lipinski definition) is 2. The van der Waals surface area contributed by atoms with Crippen molar-refractivity contribution in [2.75, 3.05) is 44.8 Å². The lowest BCUT2D eigenvalue weighted by Gasteiger charge is -2.07. The van der Waals surface area contributed by atoms with Crippen LogP contribution in [0.3, 0.4) is 0 Å². The Bertz CT molecular complexity index is 239. The molecule has 0 saturated heterocycles. The molecule has 0 fully saturated rings. The van der Waals surface area contributed by atoms with Crippen molar-refractivity contribution in [2.24, 2.45) is 0 Å². The molecule has 0 radical (unpaired) electrons. The summed E-state index contributed by atoms with van der Waals surface area (Å²) in [4.78, 5) is 22.1. The molecular formula is C11H21BrN2O4. The van der Waals surface area contributed by atoms with Gasteiger partial charge in [-0.25, -0.2) is 0 Å². The summed E-state index contributed by atoms with van der Waals surface area (Å²) >= 11 is 3.02. The van der Waals surface area contributed by atoms with Crippen molar-refractivity contribution in [1.29, 1.82) is 0 Å². The highest BCUT2D eigenvalue weighted by Gasteiger charge is 2.01. The van der Waals surface area contributed by atoms with Crippen LogP contribution in [-0.4, -0.2) is 56.7 Å². The van der Waals surface area contributed by atoms with Crippen molar-refractivity contribution < 1.29 is 19.1 Å². The highest BCUT2D eigenvalue weighted by Crippen LogP contribution is 1.82. The molecule has 0 unspecified atom stereocenters. The van der Waals surface area contributed by atoms with Crippen LogP contribution >= 0.6 is 15.9 Å². The lowest BCUT2D eigenvalue weighted by molar-refractivity contribution is -0.126. The Hall–Kier alpha value is -0.660. The van der Waals surface area contributed by atoms with Crippen molar-refractivity contribution in [2.45, 2.75) is 13.3 Å². The number of rotatable bonds is 11. The monoisotopic (exact) mass is 324 g/mol. The third-order valence-electron chi connectivity index (χ3n) is 1.84. The molecule has 0 spiro atoms. The molecule has 0 heterocycles. The Kier molecular flexibility index (Phi) is 12.3. The summed E-state index contributed by atoms with van der Waals surface area (Å²) in [5.41, 5.74) is 0. The molecule has 2 N–H and O–H groups in total. The van der Waals surface area contributed by atoms with Crippen LogP contribution in [0.5, 0.6) is 0 Å². The lowest BCUT2D eigenvalue weighted by Crippen LogP contribution is -2.36. The van der Waals surface area contributed by atoms with Gasteiger partial charge in [-0.15, -0.1) is 0 Å². The first-order valence-electron chi connectivity index (χ1n) is 5.95. The third-order valence-corrected chi connectivity index (χ3v) is 2.35. The van der Waals surface area contributed by atoms with Gasteiger partial charge in [-0.2, -0.15) is 0 Å². The molecule has 6 nitrogen and oxygen atoms in total. The smallest absolute Gasteiger partial charge is 0.246 e. The molecule has 0 aliphatic heterocycles. The fourth-order valence-electron chi connectivity index (χ4n) is 1.03. The van der Waals surface area contributed by atoms with Crippen LogP contribution in [0.4, 0.5) is 0 Å². The van der Waals surface area contributed by atoms with Crippen LogP contribution in [0.15, 0.2) is 0 Å². The maximum atomic E-state index is 11.2. The van der Waals surface area contributed by atoms with Crippen molar-refractivity contribution in [1.82, 2.24) is 10.6 Å². The molecule has 106 valence electrons. The van der Waals surface area contributed by atoms with Gasteiger partial charge >= 0.3 is 0 Å². The Balaban J connectivity index is 3.25. The van der Waals surface area contributed by atoms with E-state index in [4.69, 9.17) is 9.47 Å².